The first kappa shape index (κ1) is 20.7. The smallest absolute Gasteiger partial charge is 0.172 e. The average molecular weight is 407 g/mol. The van der Waals surface area contributed by atoms with Gasteiger partial charge in [0.1, 0.15) is 12.4 Å². The van der Waals surface area contributed by atoms with Crippen molar-refractivity contribution < 1.29 is 14.2 Å². The Labute approximate surface area is 165 Å². The number of aliphatic hydroxyl groups is 1. The quantitative estimate of drug-likeness (QED) is 0.692. The van der Waals surface area contributed by atoms with Crippen LogP contribution in [0, 0.1) is 0 Å². The Balaban J connectivity index is 1.97. The molecule has 0 aliphatic heterocycles. The first-order valence-electron chi connectivity index (χ1n) is 9.22. The summed E-state index contributed by atoms with van der Waals surface area (Å²) >= 11 is 0. The van der Waals surface area contributed by atoms with Crippen LogP contribution in [0.15, 0.2) is 42.5 Å². The number of hydrogen-bond donors (Lipinski definition) is 1. The number of likely N-dealkylation sites (N-methyl/N-ethyl adjacent to an activating group) is 1. The third-order valence-corrected chi connectivity index (χ3v) is 6.17. The standard InChI is InChI=1S/C21H28FNO2P2/c1-4-7-14(23(2)3)13-25-15-10-11-17-16-8-5-6-9-18(16)20(24,19(17)12-15)21(22,26)27/h5-6,8-12,14,24H,4,7,13,26-27H2,1-3H3. The maximum atomic E-state index is 15.1. The normalized spacial score (nSPS) is 19.7. The van der Waals surface area contributed by atoms with Crippen LogP contribution < -0.4 is 4.74 Å². The van der Waals surface area contributed by atoms with E-state index >= 15 is 4.39 Å². The predicted molar refractivity (Wildman–Crippen MR) is 116 cm³/mol. The second kappa shape index (κ2) is 7.76. The van der Waals surface area contributed by atoms with Crippen molar-refractivity contribution in [2.75, 3.05) is 20.7 Å². The Kier molecular flexibility index (Phi) is 5.94. The molecule has 3 nitrogen and oxygen atoms in total. The molecule has 0 saturated heterocycles. The number of ether oxygens (including phenoxy) is 1. The van der Waals surface area contributed by atoms with Crippen LogP contribution in [0.3, 0.4) is 0 Å². The molecule has 0 spiro atoms. The SMILES string of the molecule is CCCC(COc1ccc2c(c1)C(O)(C(F)(P)P)c1ccccc1-2)N(C)C. The van der Waals surface area contributed by atoms with Crippen molar-refractivity contribution in [3.63, 3.8) is 0 Å². The fourth-order valence-electron chi connectivity index (χ4n) is 3.75. The van der Waals surface area contributed by atoms with Crippen molar-refractivity contribution in [2.24, 2.45) is 0 Å². The van der Waals surface area contributed by atoms with E-state index in [9.17, 15) is 5.11 Å². The van der Waals surface area contributed by atoms with E-state index in [2.05, 4.69) is 30.3 Å². The molecular formula is C21H28FNO2P2. The van der Waals surface area contributed by atoms with E-state index in [1.807, 2.05) is 44.4 Å². The lowest BCUT2D eigenvalue weighted by molar-refractivity contribution is 0.0226. The van der Waals surface area contributed by atoms with Gasteiger partial charge in [-0.3, -0.25) is 0 Å². The summed E-state index contributed by atoms with van der Waals surface area (Å²) in [5, 5.41) is 9.43. The van der Waals surface area contributed by atoms with E-state index in [-0.39, 0.29) is 0 Å². The van der Waals surface area contributed by atoms with Crippen molar-refractivity contribution in [2.45, 2.75) is 36.6 Å². The number of nitrogens with zero attached hydrogens (tertiary/aromatic N) is 1. The van der Waals surface area contributed by atoms with Gasteiger partial charge in [-0.15, -0.1) is 0 Å². The predicted octanol–water partition coefficient (Wildman–Crippen LogP) is 4.39. The van der Waals surface area contributed by atoms with Crippen LogP contribution in [-0.2, 0) is 5.60 Å². The second-order valence-corrected chi connectivity index (χ2v) is 9.80. The molecule has 0 fully saturated rings. The largest absolute Gasteiger partial charge is 0.492 e. The van der Waals surface area contributed by atoms with Crippen molar-refractivity contribution in [3.8, 4) is 16.9 Å². The number of benzene rings is 2. The molecule has 27 heavy (non-hydrogen) atoms. The molecule has 2 aromatic carbocycles. The first-order valence-corrected chi connectivity index (χ1v) is 10.4. The summed E-state index contributed by atoms with van der Waals surface area (Å²) in [6, 6.07) is 13.3. The summed E-state index contributed by atoms with van der Waals surface area (Å²) in [5.41, 5.74) is 1.03. The highest BCUT2D eigenvalue weighted by Gasteiger charge is 2.53. The summed E-state index contributed by atoms with van der Waals surface area (Å²) in [6.07, 6.45) is 2.12. The van der Waals surface area contributed by atoms with Crippen LogP contribution in [0.4, 0.5) is 4.39 Å². The number of rotatable bonds is 7. The molecule has 146 valence electrons. The topological polar surface area (TPSA) is 32.7 Å². The van der Waals surface area contributed by atoms with Crippen LogP contribution in [0.5, 0.6) is 5.75 Å². The molecular weight excluding hydrogens is 379 g/mol. The van der Waals surface area contributed by atoms with E-state index < -0.39 is 10.8 Å². The maximum absolute atomic E-state index is 15.1. The third-order valence-electron chi connectivity index (χ3n) is 5.34. The highest BCUT2D eigenvalue weighted by atomic mass is 31.1. The number of halogens is 1. The molecule has 6 heteroatoms. The molecule has 3 rings (SSSR count). The Morgan fingerprint density at radius 1 is 1.15 bits per heavy atom. The van der Waals surface area contributed by atoms with E-state index in [4.69, 9.17) is 4.74 Å². The van der Waals surface area contributed by atoms with Crippen LogP contribution in [0.2, 0.25) is 0 Å². The highest BCUT2D eigenvalue weighted by molar-refractivity contribution is 7.39. The van der Waals surface area contributed by atoms with Crippen LogP contribution in [0.1, 0.15) is 30.9 Å². The number of fused-ring (bicyclic) bond motifs is 3. The van der Waals surface area contributed by atoms with Gasteiger partial charge in [0.15, 0.2) is 10.8 Å². The maximum Gasteiger partial charge on any atom is 0.172 e. The molecule has 2 aromatic rings. The van der Waals surface area contributed by atoms with Crippen molar-refractivity contribution in [3.05, 3.63) is 53.6 Å². The van der Waals surface area contributed by atoms with Gasteiger partial charge in [0.25, 0.3) is 0 Å². The van der Waals surface area contributed by atoms with Gasteiger partial charge in [0.05, 0.1) is 0 Å². The van der Waals surface area contributed by atoms with E-state index in [1.165, 1.54) is 0 Å². The highest BCUT2D eigenvalue weighted by Crippen LogP contribution is 2.58. The first-order chi connectivity index (χ1) is 12.7. The summed E-state index contributed by atoms with van der Waals surface area (Å²) in [6.45, 7) is 2.70. The average Bonchev–Trinajstić information content (AvgIpc) is 2.88. The minimum absolute atomic E-state index is 0.308. The Morgan fingerprint density at radius 3 is 2.44 bits per heavy atom. The van der Waals surface area contributed by atoms with Crippen molar-refractivity contribution in [1.29, 1.82) is 0 Å². The molecule has 0 amide bonds. The van der Waals surface area contributed by atoms with E-state index in [0.29, 0.717) is 29.5 Å². The van der Waals surface area contributed by atoms with Gasteiger partial charge in [-0.25, -0.2) is 4.39 Å². The summed E-state index contributed by atoms with van der Waals surface area (Å²) in [4.78, 5) is 2.15. The summed E-state index contributed by atoms with van der Waals surface area (Å²) < 4.78 is 21.1. The Hall–Kier alpha value is -1.05. The van der Waals surface area contributed by atoms with Crippen LogP contribution in [0.25, 0.3) is 11.1 Å². The van der Waals surface area contributed by atoms with E-state index in [1.54, 1.807) is 12.1 Å². The van der Waals surface area contributed by atoms with Gasteiger partial charge in [-0.2, -0.15) is 0 Å². The molecule has 4 unspecified atom stereocenters. The fraction of sp³-hybridized carbons (Fsp3) is 0.429. The van der Waals surface area contributed by atoms with E-state index in [0.717, 1.165) is 24.0 Å². The number of hydrogen-bond acceptors (Lipinski definition) is 3. The minimum atomic E-state index is -2.00. The van der Waals surface area contributed by atoms with Gasteiger partial charge < -0.3 is 14.7 Å². The molecule has 0 heterocycles. The molecule has 0 radical (unpaired) electrons. The lowest BCUT2D eigenvalue weighted by atomic mass is 9.92. The zero-order chi connectivity index (χ0) is 19.8. The number of alkyl halides is 1. The van der Waals surface area contributed by atoms with Crippen molar-refractivity contribution >= 4 is 18.5 Å². The molecule has 0 saturated carbocycles. The lowest BCUT2D eigenvalue weighted by Gasteiger charge is -2.35. The second-order valence-electron chi connectivity index (χ2n) is 7.45. The van der Waals surface area contributed by atoms with Gasteiger partial charge in [0, 0.05) is 11.6 Å². The van der Waals surface area contributed by atoms with Crippen LogP contribution >= 0.6 is 18.5 Å². The zero-order valence-electron chi connectivity index (χ0n) is 16.1. The Morgan fingerprint density at radius 2 is 1.81 bits per heavy atom. The molecule has 4 atom stereocenters. The van der Waals surface area contributed by atoms with Gasteiger partial charge >= 0.3 is 0 Å². The molecule has 0 bridgehead atoms. The van der Waals surface area contributed by atoms with Gasteiger partial charge in [-0.1, -0.05) is 62.2 Å². The van der Waals surface area contributed by atoms with Crippen LogP contribution in [-0.4, -0.2) is 41.9 Å². The lowest BCUT2D eigenvalue weighted by Crippen LogP contribution is -2.39. The minimum Gasteiger partial charge on any atom is -0.492 e. The van der Waals surface area contributed by atoms with Gasteiger partial charge in [0.2, 0.25) is 0 Å². The monoisotopic (exact) mass is 407 g/mol. The summed E-state index contributed by atoms with van der Waals surface area (Å²) in [5.74, 6) is 0.641. The third kappa shape index (κ3) is 3.66. The summed E-state index contributed by atoms with van der Waals surface area (Å²) in [7, 11) is 8.32. The van der Waals surface area contributed by atoms with Crippen molar-refractivity contribution in [1.82, 2.24) is 4.90 Å². The molecule has 1 aliphatic carbocycles. The Bertz CT molecular complexity index is 822. The molecule has 1 N–H and O–H groups in total. The fourth-order valence-corrected chi connectivity index (χ4v) is 4.38. The molecule has 0 aromatic heterocycles. The van der Waals surface area contributed by atoms with Gasteiger partial charge in [-0.05, 0) is 49.3 Å². The zero-order valence-corrected chi connectivity index (χ0v) is 18.4. The molecule has 1 aliphatic rings.